The lowest BCUT2D eigenvalue weighted by atomic mass is 10.1. The van der Waals surface area contributed by atoms with Crippen molar-refractivity contribution in [1.82, 2.24) is 4.31 Å². The number of benzene rings is 3. The Hall–Kier alpha value is -4.20. The Morgan fingerprint density at radius 3 is 2.00 bits per heavy atom. The number of carbonyl (C=O) groups excluding carboxylic acids is 1. The topological polar surface area (TPSA) is 163 Å². The Bertz CT molecular complexity index is 1860. The number of furan rings is 1. The van der Waals surface area contributed by atoms with Crippen LogP contribution in [-0.2, 0) is 24.8 Å². The number of nitrogens with zero attached hydrogens (tertiary/aromatic N) is 1. The van der Waals surface area contributed by atoms with Crippen LogP contribution in [0.2, 0.25) is 0 Å². The lowest BCUT2D eigenvalue weighted by molar-refractivity contribution is -0.142. The lowest BCUT2D eigenvalue weighted by Gasteiger charge is -2.27. The average Bonchev–Trinajstić information content (AvgIpc) is 3.25. The third-order valence-corrected chi connectivity index (χ3v) is 9.18. The number of hydrogen-bond acceptors (Lipinski definition) is 7. The van der Waals surface area contributed by atoms with E-state index in [2.05, 4.69) is 10.0 Å². The van der Waals surface area contributed by atoms with Gasteiger partial charge in [-0.2, -0.15) is 4.31 Å². The summed E-state index contributed by atoms with van der Waals surface area (Å²) >= 11 is 0. The highest BCUT2D eigenvalue weighted by Gasteiger charge is 2.35. The van der Waals surface area contributed by atoms with Gasteiger partial charge >= 0.3 is 5.97 Å². The zero-order valence-corrected chi connectivity index (χ0v) is 25.2. The van der Waals surface area contributed by atoms with Crippen LogP contribution in [0, 0.1) is 12.8 Å². The van der Waals surface area contributed by atoms with Crippen molar-refractivity contribution in [2.75, 3.05) is 23.3 Å². The smallest absolute Gasteiger partial charge is 0.322 e. The molecule has 1 unspecified atom stereocenters. The van der Waals surface area contributed by atoms with E-state index in [1.807, 2.05) is 0 Å². The largest absolute Gasteiger partial charge is 0.480 e. The fourth-order valence-corrected chi connectivity index (χ4v) is 6.75. The van der Waals surface area contributed by atoms with E-state index in [4.69, 9.17) is 4.42 Å². The van der Waals surface area contributed by atoms with Crippen LogP contribution in [0.4, 0.5) is 11.4 Å². The molecule has 4 aromatic rings. The predicted octanol–water partition coefficient (Wildman–Crippen LogP) is 4.76. The molecular formula is C29H31N3O8S2. The van der Waals surface area contributed by atoms with Gasteiger partial charge in [0.1, 0.15) is 11.6 Å². The van der Waals surface area contributed by atoms with Crippen molar-refractivity contribution in [1.29, 1.82) is 0 Å². The van der Waals surface area contributed by atoms with Crippen molar-refractivity contribution in [2.24, 2.45) is 5.92 Å². The summed E-state index contributed by atoms with van der Waals surface area (Å²) in [6, 6.07) is 16.6. The number of aryl methyl sites for hydroxylation is 1. The van der Waals surface area contributed by atoms with Crippen molar-refractivity contribution < 1.29 is 35.9 Å². The van der Waals surface area contributed by atoms with Crippen LogP contribution in [0.15, 0.2) is 76.0 Å². The maximum atomic E-state index is 13.0. The first-order valence-corrected chi connectivity index (χ1v) is 16.2. The molecule has 1 aromatic heterocycles. The van der Waals surface area contributed by atoms with E-state index in [0.717, 1.165) is 16.1 Å². The number of likely N-dealkylation sites (N-methyl/N-ethyl adjacent to an activating group) is 1. The summed E-state index contributed by atoms with van der Waals surface area (Å²) in [4.78, 5) is 24.6. The van der Waals surface area contributed by atoms with Crippen LogP contribution in [0.3, 0.4) is 0 Å². The van der Waals surface area contributed by atoms with Gasteiger partial charge in [-0.1, -0.05) is 44.2 Å². The first-order chi connectivity index (χ1) is 19.6. The zero-order chi connectivity index (χ0) is 31.0. The summed E-state index contributed by atoms with van der Waals surface area (Å²) in [6.45, 7) is 4.96. The molecule has 1 amide bonds. The number of hydrogen-bond donors (Lipinski definition) is 3. The van der Waals surface area contributed by atoms with Gasteiger partial charge in [0.05, 0.1) is 16.8 Å². The first kappa shape index (κ1) is 30.8. The van der Waals surface area contributed by atoms with Gasteiger partial charge in [-0.05, 0) is 60.4 Å². The monoisotopic (exact) mass is 613 g/mol. The lowest BCUT2D eigenvalue weighted by Crippen LogP contribution is -2.45. The molecule has 42 heavy (non-hydrogen) atoms. The Labute approximate surface area is 244 Å². The number of fused-ring (bicyclic) bond motifs is 1. The van der Waals surface area contributed by atoms with E-state index in [9.17, 15) is 31.5 Å². The molecule has 3 N–H and O–H groups in total. The summed E-state index contributed by atoms with van der Waals surface area (Å²) in [5.74, 6) is -2.11. The van der Waals surface area contributed by atoms with Crippen molar-refractivity contribution in [3.8, 4) is 11.1 Å². The minimum atomic E-state index is -4.04. The normalized spacial score (nSPS) is 12.9. The highest BCUT2D eigenvalue weighted by molar-refractivity contribution is 7.92. The van der Waals surface area contributed by atoms with Crippen molar-refractivity contribution in [3.05, 3.63) is 78.1 Å². The summed E-state index contributed by atoms with van der Waals surface area (Å²) in [7, 11) is -6.32. The fourth-order valence-electron chi connectivity index (χ4n) is 4.73. The molecule has 0 aliphatic carbocycles. The second kappa shape index (κ2) is 11.6. The van der Waals surface area contributed by atoms with Crippen LogP contribution >= 0.6 is 0 Å². The van der Waals surface area contributed by atoms with Crippen LogP contribution in [0.25, 0.3) is 22.1 Å². The Morgan fingerprint density at radius 1 is 0.905 bits per heavy atom. The van der Waals surface area contributed by atoms with Crippen LogP contribution in [0.1, 0.15) is 30.0 Å². The number of sulfonamides is 2. The van der Waals surface area contributed by atoms with Gasteiger partial charge in [0.2, 0.25) is 20.0 Å². The molecule has 1 heterocycles. The van der Waals surface area contributed by atoms with Gasteiger partial charge in [0, 0.05) is 23.7 Å². The maximum Gasteiger partial charge on any atom is 0.322 e. The molecule has 0 saturated heterocycles. The standard InChI is InChI=1S/C29H31N3O8S2/c1-17(2)26(29(34)35)32(4)42(38,39)22-15-11-20(12-16-22)19-9-13-21(14-10-19)30-28(33)27-18(3)25-23(31-41(5,36)37)7-6-8-24(25)40-27/h6-17,26,31H,1-5H3,(H,30,33)(H,34,35). The van der Waals surface area contributed by atoms with Gasteiger partial charge in [0.15, 0.2) is 5.76 Å². The Morgan fingerprint density at radius 2 is 1.48 bits per heavy atom. The number of nitrogens with one attached hydrogen (secondary N) is 2. The van der Waals surface area contributed by atoms with Gasteiger partial charge < -0.3 is 14.8 Å². The fraction of sp³-hybridized carbons (Fsp3) is 0.241. The molecule has 11 nitrogen and oxygen atoms in total. The number of rotatable bonds is 10. The van der Waals surface area contributed by atoms with Crippen LogP contribution < -0.4 is 10.0 Å². The average molecular weight is 614 g/mol. The van der Waals surface area contributed by atoms with Gasteiger partial charge in [-0.15, -0.1) is 0 Å². The van der Waals surface area contributed by atoms with Gasteiger partial charge in [0.25, 0.3) is 5.91 Å². The second-order valence-corrected chi connectivity index (χ2v) is 14.0. The quantitative estimate of drug-likeness (QED) is 0.230. The molecule has 0 spiro atoms. The number of amides is 1. The highest BCUT2D eigenvalue weighted by Crippen LogP contribution is 2.33. The number of anilines is 2. The number of carboxylic acid groups (broad SMARTS) is 1. The Balaban J connectivity index is 1.51. The van der Waals surface area contributed by atoms with Crippen molar-refractivity contribution in [2.45, 2.75) is 31.7 Å². The predicted molar refractivity (Wildman–Crippen MR) is 160 cm³/mol. The minimum absolute atomic E-state index is 0.0272. The van der Waals surface area contributed by atoms with E-state index in [0.29, 0.717) is 33.5 Å². The van der Waals surface area contributed by atoms with Gasteiger partial charge in [-0.3, -0.25) is 14.3 Å². The SMILES string of the molecule is Cc1c(C(=O)Nc2ccc(-c3ccc(S(=O)(=O)N(C)C(C(=O)O)C(C)C)cc3)cc2)oc2cccc(NS(C)(=O)=O)c12. The molecule has 1 atom stereocenters. The summed E-state index contributed by atoms with van der Waals surface area (Å²) in [6.07, 6.45) is 1.04. The van der Waals surface area contributed by atoms with E-state index < -0.39 is 43.9 Å². The number of carbonyl (C=O) groups is 2. The van der Waals surface area contributed by atoms with Gasteiger partial charge in [-0.25, -0.2) is 16.8 Å². The molecule has 222 valence electrons. The molecule has 0 fully saturated rings. The number of carboxylic acids is 1. The Kier molecular flexibility index (Phi) is 8.48. The van der Waals surface area contributed by atoms with E-state index in [-0.39, 0.29) is 10.7 Å². The molecule has 4 rings (SSSR count). The van der Waals surface area contributed by atoms with Crippen LogP contribution in [0.5, 0.6) is 0 Å². The number of aliphatic carboxylic acids is 1. The molecule has 0 aliphatic rings. The van der Waals surface area contributed by atoms with E-state index >= 15 is 0 Å². The third kappa shape index (κ3) is 6.32. The van der Waals surface area contributed by atoms with Crippen molar-refractivity contribution >= 4 is 54.3 Å². The molecular weight excluding hydrogens is 582 g/mol. The zero-order valence-electron chi connectivity index (χ0n) is 23.6. The summed E-state index contributed by atoms with van der Waals surface area (Å²) < 4.78 is 58.6. The molecule has 3 aromatic carbocycles. The molecule has 13 heteroatoms. The molecule has 0 radical (unpaired) electrons. The minimum Gasteiger partial charge on any atom is -0.480 e. The van der Waals surface area contributed by atoms with Crippen LogP contribution in [-0.4, -0.2) is 57.5 Å². The first-order valence-electron chi connectivity index (χ1n) is 12.8. The summed E-state index contributed by atoms with van der Waals surface area (Å²) in [5.41, 5.74) is 3.11. The van der Waals surface area contributed by atoms with Crippen molar-refractivity contribution in [3.63, 3.8) is 0 Å². The summed E-state index contributed by atoms with van der Waals surface area (Å²) in [5, 5.41) is 12.8. The highest BCUT2D eigenvalue weighted by atomic mass is 32.2. The molecule has 0 saturated carbocycles. The second-order valence-electron chi connectivity index (χ2n) is 10.2. The molecule has 0 aliphatic heterocycles. The molecule has 0 bridgehead atoms. The van der Waals surface area contributed by atoms with E-state index in [1.165, 1.54) is 19.2 Å². The maximum absolute atomic E-state index is 13.0. The third-order valence-electron chi connectivity index (χ3n) is 6.74. The van der Waals surface area contributed by atoms with E-state index in [1.54, 1.807) is 75.4 Å².